The Kier molecular flexibility index (Phi) is 5.38. The van der Waals surface area contributed by atoms with Crippen molar-refractivity contribution in [3.05, 3.63) is 47.1 Å². The Balaban J connectivity index is 1.50. The van der Waals surface area contributed by atoms with Gasteiger partial charge < -0.3 is 0 Å². The molecule has 0 aliphatic carbocycles. The number of piperidine rings is 2. The van der Waals surface area contributed by atoms with E-state index in [4.69, 9.17) is 0 Å². The molecule has 0 saturated carbocycles. The van der Waals surface area contributed by atoms with Gasteiger partial charge in [-0.05, 0) is 73.2 Å². The summed E-state index contributed by atoms with van der Waals surface area (Å²) in [6.07, 6.45) is 8.05. The summed E-state index contributed by atoms with van der Waals surface area (Å²) in [5.74, 6) is 0. The van der Waals surface area contributed by atoms with Gasteiger partial charge in [-0.3, -0.25) is 9.88 Å². The van der Waals surface area contributed by atoms with E-state index in [1.165, 1.54) is 16.9 Å². The highest BCUT2D eigenvalue weighted by molar-refractivity contribution is 7.91. The van der Waals surface area contributed by atoms with E-state index in [9.17, 15) is 8.42 Å². The van der Waals surface area contributed by atoms with Crippen molar-refractivity contribution in [3.63, 3.8) is 0 Å². The Labute approximate surface area is 166 Å². The Morgan fingerprint density at radius 3 is 2.70 bits per heavy atom. The summed E-state index contributed by atoms with van der Waals surface area (Å²) in [4.78, 5) is 6.70. The molecule has 2 aliphatic heterocycles. The van der Waals surface area contributed by atoms with Crippen LogP contribution in [0.15, 0.2) is 40.2 Å². The van der Waals surface area contributed by atoms with Crippen molar-refractivity contribution < 1.29 is 8.42 Å². The fourth-order valence-corrected chi connectivity index (χ4v) is 7.78. The smallest absolute Gasteiger partial charge is 0.252 e. The Hall–Kier alpha value is -1.28. The maximum absolute atomic E-state index is 13.2. The molecular formula is C20H27N3O2S2. The molecule has 2 fully saturated rings. The van der Waals surface area contributed by atoms with Crippen molar-refractivity contribution in [1.29, 1.82) is 0 Å². The highest BCUT2D eigenvalue weighted by Crippen LogP contribution is 2.41. The largest absolute Gasteiger partial charge is 0.298 e. The number of thiophene rings is 1. The first-order valence-electron chi connectivity index (χ1n) is 9.64. The molecule has 2 aromatic heterocycles. The number of hydrogen-bond acceptors (Lipinski definition) is 5. The fourth-order valence-electron chi connectivity index (χ4n) is 4.64. The van der Waals surface area contributed by atoms with E-state index in [2.05, 4.69) is 16.0 Å². The first-order chi connectivity index (χ1) is 13.0. The third kappa shape index (κ3) is 3.97. The number of aromatic nitrogens is 1. The molecule has 4 heterocycles. The summed E-state index contributed by atoms with van der Waals surface area (Å²) in [5, 5.41) is 1.87. The van der Waals surface area contributed by atoms with Crippen LogP contribution in [0.2, 0.25) is 0 Å². The van der Waals surface area contributed by atoms with Crippen LogP contribution in [0.4, 0.5) is 0 Å². The average Bonchev–Trinajstić information content (AvgIpc) is 3.09. The zero-order valence-corrected chi connectivity index (χ0v) is 17.4. The SMILES string of the molecule is Cc1ccsc1S(=O)(=O)N1CCCC2(CCCN(Cc3cccnc3)C2)C1. The van der Waals surface area contributed by atoms with Crippen molar-refractivity contribution >= 4 is 21.4 Å². The number of sulfonamides is 1. The van der Waals surface area contributed by atoms with Crippen LogP contribution in [-0.2, 0) is 16.6 Å². The minimum absolute atomic E-state index is 0.0803. The van der Waals surface area contributed by atoms with Crippen LogP contribution < -0.4 is 0 Å². The van der Waals surface area contributed by atoms with Crippen molar-refractivity contribution in [2.75, 3.05) is 26.2 Å². The molecule has 0 bridgehead atoms. The van der Waals surface area contributed by atoms with Gasteiger partial charge in [-0.2, -0.15) is 4.31 Å². The molecule has 0 aromatic carbocycles. The number of rotatable bonds is 4. The molecule has 0 radical (unpaired) electrons. The van der Waals surface area contributed by atoms with Crippen molar-refractivity contribution in [2.24, 2.45) is 5.41 Å². The van der Waals surface area contributed by atoms with E-state index in [1.54, 1.807) is 10.5 Å². The molecule has 146 valence electrons. The van der Waals surface area contributed by atoms with Crippen LogP contribution in [0.3, 0.4) is 0 Å². The number of likely N-dealkylation sites (tertiary alicyclic amines) is 1. The summed E-state index contributed by atoms with van der Waals surface area (Å²) in [7, 11) is -3.38. The number of nitrogens with zero attached hydrogens (tertiary/aromatic N) is 3. The van der Waals surface area contributed by atoms with E-state index < -0.39 is 10.0 Å². The molecule has 2 saturated heterocycles. The first kappa shape index (κ1) is 19.1. The van der Waals surface area contributed by atoms with E-state index in [0.29, 0.717) is 17.3 Å². The lowest BCUT2D eigenvalue weighted by molar-refractivity contribution is 0.0362. The highest BCUT2D eigenvalue weighted by atomic mass is 32.2. The molecule has 7 heteroatoms. The van der Waals surface area contributed by atoms with Crippen LogP contribution in [0, 0.1) is 12.3 Å². The number of aryl methyl sites for hydroxylation is 1. The van der Waals surface area contributed by atoms with E-state index in [1.807, 2.05) is 30.6 Å². The van der Waals surface area contributed by atoms with Crippen LogP contribution in [0.5, 0.6) is 0 Å². The molecule has 1 spiro atoms. The van der Waals surface area contributed by atoms with Gasteiger partial charge in [0.05, 0.1) is 0 Å². The lowest BCUT2D eigenvalue weighted by Crippen LogP contribution is -2.53. The van der Waals surface area contributed by atoms with Crippen LogP contribution >= 0.6 is 11.3 Å². The van der Waals surface area contributed by atoms with Crippen molar-refractivity contribution in [3.8, 4) is 0 Å². The van der Waals surface area contributed by atoms with Crippen LogP contribution in [0.25, 0.3) is 0 Å². The maximum Gasteiger partial charge on any atom is 0.252 e. The molecule has 4 rings (SSSR count). The summed E-state index contributed by atoms with van der Waals surface area (Å²) >= 11 is 1.34. The molecule has 2 aromatic rings. The van der Waals surface area contributed by atoms with E-state index in [-0.39, 0.29) is 5.41 Å². The van der Waals surface area contributed by atoms with Gasteiger partial charge in [-0.25, -0.2) is 8.42 Å². The van der Waals surface area contributed by atoms with Gasteiger partial charge in [0, 0.05) is 38.6 Å². The summed E-state index contributed by atoms with van der Waals surface area (Å²) < 4.78 is 28.6. The summed E-state index contributed by atoms with van der Waals surface area (Å²) in [6.45, 7) is 6.12. The lowest BCUT2D eigenvalue weighted by Gasteiger charge is -2.48. The third-order valence-corrected chi connectivity index (χ3v) is 9.40. The topological polar surface area (TPSA) is 53.5 Å². The molecule has 0 amide bonds. The van der Waals surface area contributed by atoms with Gasteiger partial charge >= 0.3 is 0 Å². The molecule has 0 N–H and O–H groups in total. The lowest BCUT2D eigenvalue weighted by atomic mass is 9.74. The summed E-state index contributed by atoms with van der Waals surface area (Å²) in [6, 6.07) is 5.99. The van der Waals surface area contributed by atoms with Gasteiger partial charge in [0.25, 0.3) is 10.0 Å². The molecular weight excluding hydrogens is 378 g/mol. The Morgan fingerprint density at radius 1 is 1.19 bits per heavy atom. The predicted octanol–water partition coefficient (Wildman–Crippen LogP) is 3.52. The first-order valence-corrected chi connectivity index (χ1v) is 12.0. The molecule has 1 atom stereocenters. The number of pyridine rings is 1. The minimum atomic E-state index is -3.38. The van der Waals surface area contributed by atoms with Gasteiger partial charge in [0.2, 0.25) is 0 Å². The molecule has 27 heavy (non-hydrogen) atoms. The van der Waals surface area contributed by atoms with Gasteiger partial charge in [-0.15, -0.1) is 11.3 Å². The van der Waals surface area contributed by atoms with Crippen LogP contribution in [0.1, 0.15) is 36.8 Å². The second-order valence-electron chi connectivity index (χ2n) is 8.01. The molecule has 1 unspecified atom stereocenters. The zero-order chi connectivity index (χ0) is 18.9. The monoisotopic (exact) mass is 405 g/mol. The van der Waals surface area contributed by atoms with Crippen molar-refractivity contribution in [1.82, 2.24) is 14.2 Å². The quantitative estimate of drug-likeness (QED) is 0.781. The normalized spacial score (nSPS) is 25.1. The second-order valence-corrected chi connectivity index (χ2v) is 11.1. The molecule has 5 nitrogen and oxygen atoms in total. The van der Waals surface area contributed by atoms with Gasteiger partial charge in [-0.1, -0.05) is 6.07 Å². The maximum atomic E-state index is 13.2. The zero-order valence-electron chi connectivity index (χ0n) is 15.8. The Morgan fingerprint density at radius 2 is 2.00 bits per heavy atom. The van der Waals surface area contributed by atoms with Crippen molar-refractivity contribution in [2.45, 2.75) is 43.4 Å². The Bertz CT molecular complexity index is 878. The number of hydrogen-bond donors (Lipinski definition) is 0. The van der Waals surface area contributed by atoms with E-state index in [0.717, 1.165) is 50.9 Å². The van der Waals surface area contributed by atoms with Crippen LogP contribution in [-0.4, -0.2) is 48.8 Å². The minimum Gasteiger partial charge on any atom is -0.298 e. The summed E-state index contributed by atoms with van der Waals surface area (Å²) in [5.41, 5.74) is 2.17. The van der Waals surface area contributed by atoms with Gasteiger partial charge in [0.1, 0.15) is 4.21 Å². The second kappa shape index (κ2) is 7.62. The fraction of sp³-hybridized carbons (Fsp3) is 0.550. The van der Waals surface area contributed by atoms with Gasteiger partial charge in [0.15, 0.2) is 0 Å². The predicted molar refractivity (Wildman–Crippen MR) is 108 cm³/mol. The standard InChI is InChI=1S/C20H27N3O2S2/c1-17-6-12-26-19(17)27(24,25)23-11-4-8-20(16-23)7-3-10-22(15-20)14-18-5-2-9-21-13-18/h2,5-6,9,12-13H,3-4,7-8,10-11,14-16H2,1H3. The average molecular weight is 406 g/mol. The molecule has 2 aliphatic rings. The highest BCUT2D eigenvalue weighted by Gasteiger charge is 2.43. The third-order valence-electron chi connectivity index (χ3n) is 5.89. The van der Waals surface area contributed by atoms with E-state index >= 15 is 0 Å².